The number of ether oxygens (including phenoxy) is 2. The molecule has 4 rings (SSSR count). The molecule has 0 spiro atoms. The molecule has 0 bridgehead atoms. The standard InChI is InChI=1S/C27H33N5O3S/c1-5-8-17-35-20-15-13-19(14-16-20)24-23(18(4)28-26-30-27(36-7-3)31-32(24)26)25(33)29-21-11-9-10-12-22(21)34-6-2/h9-16,24H,5-8,17H2,1-4H3,(H,29,33)(H,28,30,31). The van der Waals surface area contributed by atoms with E-state index in [0.717, 1.165) is 35.6 Å². The van der Waals surface area contributed by atoms with Gasteiger partial charge in [0.1, 0.15) is 17.5 Å². The summed E-state index contributed by atoms with van der Waals surface area (Å²) in [4.78, 5) is 18.4. The van der Waals surface area contributed by atoms with Crippen LogP contribution in [0, 0.1) is 0 Å². The number of hydrogen-bond acceptors (Lipinski definition) is 7. The number of benzene rings is 2. The Labute approximate surface area is 216 Å². The summed E-state index contributed by atoms with van der Waals surface area (Å²) in [5.41, 5.74) is 2.82. The maximum Gasteiger partial charge on any atom is 0.255 e. The predicted octanol–water partition coefficient (Wildman–Crippen LogP) is 5.90. The second-order valence-corrected chi connectivity index (χ2v) is 9.55. The summed E-state index contributed by atoms with van der Waals surface area (Å²) in [6.45, 7) is 9.19. The molecule has 0 aliphatic carbocycles. The third-order valence-electron chi connectivity index (χ3n) is 5.75. The molecule has 1 atom stereocenters. The van der Waals surface area contributed by atoms with Crippen molar-refractivity contribution in [3.63, 3.8) is 0 Å². The first-order valence-corrected chi connectivity index (χ1v) is 13.4. The summed E-state index contributed by atoms with van der Waals surface area (Å²) in [5, 5.41) is 11.7. The number of allylic oxidation sites excluding steroid dienone is 1. The molecule has 0 fully saturated rings. The van der Waals surface area contributed by atoms with Crippen LogP contribution in [0.3, 0.4) is 0 Å². The van der Waals surface area contributed by atoms with Gasteiger partial charge in [0.25, 0.3) is 5.91 Å². The lowest BCUT2D eigenvalue weighted by Crippen LogP contribution is -2.31. The van der Waals surface area contributed by atoms with Gasteiger partial charge in [0, 0.05) is 5.70 Å². The van der Waals surface area contributed by atoms with E-state index in [1.165, 1.54) is 0 Å². The Morgan fingerprint density at radius 3 is 2.61 bits per heavy atom. The molecule has 3 aromatic rings. The summed E-state index contributed by atoms with van der Waals surface area (Å²) >= 11 is 1.56. The lowest BCUT2D eigenvalue weighted by molar-refractivity contribution is -0.113. The number of rotatable bonds is 11. The summed E-state index contributed by atoms with van der Waals surface area (Å²) in [6, 6.07) is 14.9. The molecule has 0 saturated carbocycles. The second-order valence-electron chi connectivity index (χ2n) is 8.32. The number of para-hydroxylation sites is 2. The first-order chi connectivity index (χ1) is 17.5. The van der Waals surface area contributed by atoms with Gasteiger partial charge in [-0.3, -0.25) is 4.79 Å². The Balaban J connectivity index is 1.70. The van der Waals surface area contributed by atoms with Crippen LogP contribution in [-0.4, -0.2) is 39.6 Å². The molecule has 36 heavy (non-hydrogen) atoms. The summed E-state index contributed by atoms with van der Waals surface area (Å²) in [6.07, 6.45) is 2.08. The van der Waals surface area contributed by atoms with Crippen LogP contribution in [-0.2, 0) is 4.79 Å². The highest BCUT2D eigenvalue weighted by atomic mass is 32.2. The van der Waals surface area contributed by atoms with Gasteiger partial charge in [-0.2, -0.15) is 4.98 Å². The average Bonchev–Trinajstić information content (AvgIpc) is 3.27. The van der Waals surface area contributed by atoms with Crippen LogP contribution in [0.1, 0.15) is 52.1 Å². The highest BCUT2D eigenvalue weighted by molar-refractivity contribution is 7.99. The number of aromatic nitrogens is 3. The first-order valence-electron chi connectivity index (χ1n) is 12.4. The maximum atomic E-state index is 13.7. The molecule has 2 aromatic carbocycles. The van der Waals surface area contributed by atoms with Crippen molar-refractivity contribution in [3.8, 4) is 11.5 Å². The molecule has 1 unspecified atom stereocenters. The molecular weight excluding hydrogens is 474 g/mol. The largest absolute Gasteiger partial charge is 0.494 e. The van der Waals surface area contributed by atoms with Crippen LogP contribution in [0.4, 0.5) is 11.6 Å². The molecule has 1 aromatic heterocycles. The fraction of sp³-hybridized carbons (Fsp3) is 0.370. The number of anilines is 2. The topological polar surface area (TPSA) is 90.3 Å². The van der Waals surface area contributed by atoms with Gasteiger partial charge in [0.05, 0.1) is 24.5 Å². The van der Waals surface area contributed by atoms with Crippen molar-refractivity contribution in [1.29, 1.82) is 0 Å². The number of amides is 1. The van der Waals surface area contributed by atoms with Crippen LogP contribution < -0.4 is 20.1 Å². The molecule has 0 saturated heterocycles. The average molecular weight is 508 g/mol. The number of fused-ring (bicyclic) bond motifs is 1. The lowest BCUT2D eigenvalue weighted by Gasteiger charge is -2.29. The highest BCUT2D eigenvalue weighted by Crippen LogP contribution is 2.37. The number of nitrogens with zero attached hydrogens (tertiary/aromatic N) is 3. The van der Waals surface area contributed by atoms with Crippen molar-refractivity contribution in [1.82, 2.24) is 14.8 Å². The van der Waals surface area contributed by atoms with Gasteiger partial charge in [-0.1, -0.05) is 56.3 Å². The Hall–Kier alpha value is -3.46. The van der Waals surface area contributed by atoms with E-state index >= 15 is 0 Å². The number of nitrogens with one attached hydrogen (secondary N) is 2. The normalized spacial score (nSPS) is 14.7. The van der Waals surface area contributed by atoms with Crippen molar-refractivity contribution in [2.24, 2.45) is 0 Å². The fourth-order valence-corrected chi connectivity index (χ4v) is 4.60. The van der Waals surface area contributed by atoms with Crippen molar-refractivity contribution >= 4 is 29.3 Å². The van der Waals surface area contributed by atoms with Gasteiger partial charge < -0.3 is 20.1 Å². The Morgan fingerprint density at radius 1 is 1.11 bits per heavy atom. The molecule has 9 heteroatoms. The molecular formula is C27H33N5O3S. The summed E-state index contributed by atoms with van der Waals surface area (Å²) in [7, 11) is 0. The van der Waals surface area contributed by atoms with E-state index in [2.05, 4.69) is 29.5 Å². The van der Waals surface area contributed by atoms with Gasteiger partial charge in [-0.15, -0.1) is 5.10 Å². The Bertz CT molecular complexity index is 1220. The minimum absolute atomic E-state index is 0.230. The van der Waals surface area contributed by atoms with Gasteiger partial charge >= 0.3 is 0 Å². The van der Waals surface area contributed by atoms with Crippen LogP contribution in [0.2, 0.25) is 0 Å². The maximum absolute atomic E-state index is 13.7. The van der Waals surface area contributed by atoms with Crippen molar-refractivity contribution in [3.05, 3.63) is 65.4 Å². The van der Waals surface area contributed by atoms with Crippen LogP contribution >= 0.6 is 11.8 Å². The number of carbonyl (C=O) groups excluding carboxylic acids is 1. The van der Waals surface area contributed by atoms with E-state index in [-0.39, 0.29) is 5.91 Å². The predicted molar refractivity (Wildman–Crippen MR) is 144 cm³/mol. The number of unbranched alkanes of at least 4 members (excludes halogenated alkanes) is 1. The van der Waals surface area contributed by atoms with Crippen molar-refractivity contribution in [2.45, 2.75) is 51.7 Å². The van der Waals surface area contributed by atoms with Crippen LogP contribution in [0.15, 0.2) is 65.0 Å². The lowest BCUT2D eigenvalue weighted by atomic mass is 9.95. The van der Waals surface area contributed by atoms with E-state index < -0.39 is 6.04 Å². The van der Waals surface area contributed by atoms with Crippen molar-refractivity contribution in [2.75, 3.05) is 29.6 Å². The highest BCUT2D eigenvalue weighted by Gasteiger charge is 2.34. The second kappa shape index (κ2) is 12.0. The van der Waals surface area contributed by atoms with Crippen molar-refractivity contribution < 1.29 is 14.3 Å². The van der Waals surface area contributed by atoms with Gasteiger partial charge in [0.2, 0.25) is 11.1 Å². The molecule has 1 amide bonds. The quantitative estimate of drug-likeness (QED) is 0.247. The van der Waals surface area contributed by atoms with E-state index in [1.54, 1.807) is 16.4 Å². The third kappa shape index (κ3) is 5.67. The molecule has 1 aliphatic heterocycles. The summed E-state index contributed by atoms with van der Waals surface area (Å²) in [5.74, 6) is 2.67. The Kier molecular flexibility index (Phi) is 8.53. The monoisotopic (exact) mass is 507 g/mol. The van der Waals surface area contributed by atoms with Crippen LogP contribution in [0.5, 0.6) is 11.5 Å². The third-order valence-corrected chi connectivity index (χ3v) is 6.47. The van der Waals surface area contributed by atoms with Crippen LogP contribution in [0.25, 0.3) is 0 Å². The number of hydrogen-bond donors (Lipinski definition) is 2. The zero-order valence-corrected chi connectivity index (χ0v) is 22.0. The van der Waals surface area contributed by atoms with E-state index in [0.29, 0.717) is 41.3 Å². The van der Waals surface area contributed by atoms with Gasteiger partial charge in [0.15, 0.2) is 0 Å². The SMILES string of the molecule is CCCCOc1ccc(C2C(C(=O)Nc3ccccc3OCC)=C(C)Nc3nc(SCC)nn32)cc1. The summed E-state index contributed by atoms with van der Waals surface area (Å²) < 4.78 is 13.4. The number of carbonyl (C=O) groups is 1. The molecule has 1 aliphatic rings. The minimum Gasteiger partial charge on any atom is -0.494 e. The smallest absolute Gasteiger partial charge is 0.255 e. The molecule has 2 N–H and O–H groups in total. The van der Waals surface area contributed by atoms with Gasteiger partial charge in [-0.05, 0) is 55.9 Å². The Morgan fingerprint density at radius 2 is 1.89 bits per heavy atom. The number of thioether (sulfide) groups is 1. The van der Waals surface area contributed by atoms with E-state index in [1.807, 2.05) is 62.4 Å². The molecule has 0 radical (unpaired) electrons. The zero-order valence-electron chi connectivity index (χ0n) is 21.2. The van der Waals surface area contributed by atoms with E-state index in [9.17, 15) is 4.79 Å². The zero-order chi connectivity index (χ0) is 25.5. The van der Waals surface area contributed by atoms with E-state index in [4.69, 9.17) is 14.6 Å². The molecule has 190 valence electrons. The first kappa shape index (κ1) is 25.6. The fourth-order valence-electron chi connectivity index (χ4n) is 4.05. The minimum atomic E-state index is -0.455. The molecule has 2 heterocycles. The van der Waals surface area contributed by atoms with Gasteiger partial charge in [-0.25, -0.2) is 4.68 Å². The molecule has 8 nitrogen and oxygen atoms in total.